The number of aryl methyl sites for hydroxylation is 3. The van der Waals surface area contributed by atoms with Crippen molar-refractivity contribution < 1.29 is 0 Å². The third-order valence-electron chi connectivity index (χ3n) is 5.73. The number of aromatic nitrogens is 4. The minimum Gasteiger partial charge on any atom is -0.292 e. The summed E-state index contributed by atoms with van der Waals surface area (Å²) in [5, 5.41) is 0. The molecular formula is C28H24N4OS. The Bertz CT molecular complexity index is 1490. The molecule has 5 rings (SSSR count). The lowest BCUT2D eigenvalue weighted by Gasteiger charge is -2.16. The summed E-state index contributed by atoms with van der Waals surface area (Å²) in [6.45, 7) is 4.51. The van der Waals surface area contributed by atoms with Gasteiger partial charge in [-0.25, -0.2) is 15.0 Å². The average Bonchev–Trinajstić information content (AvgIpc) is 3.34. The Hall–Kier alpha value is -3.90. The van der Waals surface area contributed by atoms with Crippen LogP contribution < -0.4 is 5.56 Å². The summed E-state index contributed by atoms with van der Waals surface area (Å²) in [7, 11) is 0. The van der Waals surface area contributed by atoms with Gasteiger partial charge in [-0.05, 0) is 50.1 Å². The molecule has 0 atom stereocenters. The normalized spacial score (nSPS) is 11.0. The first-order chi connectivity index (χ1) is 16.6. The highest BCUT2D eigenvalue weighted by Crippen LogP contribution is 2.33. The van der Waals surface area contributed by atoms with Crippen LogP contribution in [0.3, 0.4) is 0 Å². The lowest BCUT2D eigenvalue weighted by Crippen LogP contribution is -2.26. The fraction of sp³-hybridized carbons (Fsp3) is 0.143. The molecule has 6 heteroatoms. The van der Waals surface area contributed by atoms with Crippen LogP contribution >= 0.6 is 11.3 Å². The Kier molecular flexibility index (Phi) is 6.14. The number of benzene rings is 2. The van der Waals surface area contributed by atoms with E-state index in [1.54, 1.807) is 18.5 Å². The topological polar surface area (TPSA) is 60.7 Å². The Morgan fingerprint density at radius 2 is 1.62 bits per heavy atom. The zero-order valence-electron chi connectivity index (χ0n) is 19.1. The molecule has 0 aliphatic carbocycles. The van der Waals surface area contributed by atoms with Crippen molar-refractivity contribution >= 4 is 11.3 Å². The first-order valence-corrected chi connectivity index (χ1v) is 12.0. The first-order valence-electron chi connectivity index (χ1n) is 11.2. The molecule has 2 aromatic carbocycles. The van der Waals surface area contributed by atoms with E-state index in [0.717, 1.165) is 33.0 Å². The van der Waals surface area contributed by atoms with Crippen molar-refractivity contribution in [3.63, 3.8) is 0 Å². The van der Waals surface area contributed by atoms with E-state index in [-0.39, 0.29) is 5.56 Å². The Labute approximate surface area is 202 Å². The smallest absolute Gasteiger partial charge is 0.262 e. The SMILES string of the molecule is Cc1cccc(-c2nc(C)c(-c3ccc(-c4ncccn4)s3)c(=O)n2CCc2ccccc2)c1. The van der Waals surface area contributed by atoms with Crippen LogP contribution in [0, 0.1) is 13.8 Å². The van der Waals surface area contributed by atoms with Crippen LogP contribution in [-0.2, 0) is 13.0 Å². The average molecular weight is 465 g/mol. The van der Waals surface area contributed by atoms with Crippen LogP contribution in [0.5, 0.6) is 0 Å². The molecule has 0 aliphatic rings. The summed E-state index contributed by atoms with van der Waals surface area (Å²) < 4.78 is 1.82. The van der Waals surface area contributed by atoms with Crippen LogP contribution in [0.1, 0.15) is 16.8 Å². The van der Waals surface area contributed by atoms with Crippen molar-refractivity contribution in [1.29, 1.82) is 0 Å². The molecule has 5 aromatic rings. The van der Waals surface area contributed by atoms with Gasteiger partial charge in [0.1, 0.15) is 5.82 Å². The van der Waals surface area contributed by atoms with Crippen LogP contribution in [-0.4, -0.2) is 19.5 Å². The minimum absolute atomic E-state index is 0.0256. The Balaban J connectivity index is 1.62. The van der Waals surface area contributed by atoms with Crippen molar-refractivity contribution in [2.24, 2.45) is 0 Å². The third kappa shape index (κ3) is 4.45. The maximum absolute atomic E-state index is 13.9. The van der Waals surface area contributed by atoms with E-state index >= 15 is 0 Å². The van der Waals surface area contributed by atoms with Crippen molar-refractivity contribution in [3.8, 4) is 32.5 Å². The fourth-order valence-electron chi connectivity index (χ4n) is 4.06. The summed E-state index contributed by atoms with van der Waals surface area (Å²) >= 11 is 1.52. The van der Waals surface area contributed by atoms with E-state index in [1.165, 1.54) is 16.9 Å². The van der Waals surface area contributed by atoms with Gasteiger partial charge in [0.25, 0.3) is 5.56 Å². The van der Waals surface area contributed by atoms with Gasteiger partial charge in [-0.2, -0.15) is 0 Å². The molecule has 0 radical (unpaired) electrons. The number of hydrogen-bond acceptors (Lipinski definition) is 5. The van der Waals surface area contributed by atoms with Crippen molar-refractivity contribution in [2.45, 2.75) is 26.8 Å². The van der Waals surface area contributed by atoms with Crippen LogP contribution in [0.15, 0.2) is 90.0 Å². The minimum atomic E-state index is -0.0256. The maximum Gasteiger partial charge on any atom is 0.262 e. The van der Waals surface area contributed by atoms with Gasteiger partial charge in [-0.1, -0.05) is 54.1 Å². The summed E-state index contributed by atoms with van der Waals surface area (Å²) in [6, 6.07) is 24.1. The van der Waals surface area contributed by atoms with Gasteiger partial charge in [-0.15, -0.1) is 11.3 Å². The van der Waals surface area contributed by atoms with Gasteiger partial charge in [0.05, 0.1) is 16.1 Å². The molecule has 0 saturated heterocycles. The van der Waals surface area contributed by atoms with Crippen molar-refractivity contribution in [2.75, 3.05) is 0 Å². The fourth-order valence-corrected chi connectivity index (χ4v) is 5.10. The van der Waals surface area contributed by atoms with Gasteiger partial charge in [0.15, 0.2) is 5.82 Å². The summed E-state index contributed by atoms with van der Waals surface area (Å²) in [4.78, 5) is 29.4. The molecule has 5 nitrogen and oxygen atoms in total. The highest BCUT2D eigenvalue weighted by atomic mass is 32.1. The number of hydrogen-bond donors (Lipinski definition) is 0. The predicted molar refractivity (Wildman–Crippen MR) is 138 cm³/mol. The van der Waals surface area contributed by atoms with Crippen LogP contribution in [0.2, 0.25) is 0 Å². The number of thiophene rings is 1. The molecule has 0 saturated carbocycles. The summed E-state index contributed by atoms with van der Waals surface area (Å²) in [5.74, 6) is 1.36. The molecule has 0 aliphatic heterocycles. The highest BCUT2D eigenvalue weighted by Gasteiger charge is 2.19. The number of nitrogens with zero attached hydrogens (tertiary/aromatic N) is 4. The maximum atomic E-state index is 13.9. The second-order valence-corrected chi connectivity index (χ2v) is 9.28. The summed E-state index contributed by atoms with van der Waals surface area (Å²) in [6.07, 6.45) is 4.20. The second kappa shape index (κ2) is 9.53. The largest absolute Gasteiger partial charge is 0.292 e. The van der Waals surface area contributed by atoms with Gasteiger partial charge in [0.2, 0.25) is 0 Å². The van der Waals surface area contributed by atoms with E-state index in [9.17, 15) is 4.79 Å². The summed E-state index contributed by atoms with van der Waals surface area (Å²) in [5.41, 5.74) is 4.60. The molecule has 0 fully saturated rings. The van der Waals surface area contributed by atoms with Crippen molar-refractivity contribution in [1.82, 2.24) is 19.5 Å². The van der Waals surface area contributed by atoms with Gasteiger partial charge < -0.3 is 0 Å². The van der Waals surface area contributed by atoms with Crippen molar-refractivity contribution in [3.05, 3.63) is 112 Å². The lowest BCUT2D eigenvalue weighted by atomic mass is 10.1. The van der Waals surface area contributed by atoms with E-state index in [2.05, 4.69) is 41.2 Å². The first kappa shape index (κ1) is 21.9. The van der Waals surface area contributed by atoms with E-state index < -0.39 is 0 Å². The predicted octanol–water partition coefficient (Wildman–Crippen LogP) is 5.96. The quantitative estimate of drug-likeness (QED) is 0.311. The molecular weight excluding hydrogens is 440 g/mol. The molecule has 0 amide bonds. The molecule has 168 valence electrons. The zero-order valence-corrected chi connectivity index (χ0v) is 19.9. The monoisotopic (exact) mass is 464 g/mol. The molecule has 0 bridgehead atoms. The third-order valence-corrected chi connectivity index (χ3v) is 6.83. The van der Waals surface area contributed by atoms with Gasteiger partial charge >= 0.3 is 0 Å². The highest BCUT2D eigenvalue weighted by molar-refractivity contribution is 7.18. The Morgan fingerprint density at radius 3 is 2.38 bits per heavy atom. The molecule has 3 aromatic heterocycles. The molecule has 0 unspecified atom stereocenters. The Morgan fingerprint density at radius 1 is 0.853 bits per heavy atom. The van der Waals surface area contributed by atoms with E-state index in [0.29, 0.717) is 23.8 Å². The standard InChI is InChI=1S/C28H24N4OS/c1-19-8-6-11-22(18-19)27-31-20(2)25(23-12-13-24(34-23)26-29-15-7-16-30-26)28(33)32(27)17-14-21-9-4-3-5-10-21/h3-13,15-16,18H,14,17H2,1-2H3. The molecule has 34 heavy (non-hydrogen) atoms. The molecule has 3 heterocycles. The van der Waals surface area contributed by atoms with Gasteiger partial charge in [0, 0.05) is 29.4 Å². The van der Waals surface area contributed by atoms with E-state index in [1.807, 2.05) is 54.0 Å². The second-order valence-electron chi connectivity index (χ2n) is 8.19. The lowest BCUT2D eigenvalue weighted by molar-refractivity contribution is 0.663. The van der Waals surface area contributed by atoms with Gasteiger partial charge in [-0.3, -0.25) is 9.36 Å². The molecule has 0 N–H and O–H groups in total. The molecule has 0 spiro atoms. The van der Waals surface area contributed by atoms with E-state index in [4.69, 9.17) is 4.98 Å². The van der Waals surface area contributed by atoms with Crippen LogP contribution in [0.4, 0.5) is 0 Å². The number of rotatable bonds is 6. The van der Waals surface area contributed by atoms with Crippen LogP contribution in [0.25, 0.3) is 32.5 Å². The zero-order chi connectivity index (χ0) is 23.5.